The van der Waals surface area contributed by atoms with Crippen LogP contribution in [0, 0.1) is 6.92 Å². The van der Waals surface area contributed by atoms with Crippen LogP contribution in [-0.4, -0.2) is 33.2 Å². The van der Waals surface area contributed by atoms with E-state index in [-0.39, 0.29) is 12.4 Å². The van der Waals surface area contributed by atoms with E-state index in [0.717, 1.165) is 16.9 Å². The average molecular weight is 324 g/mol. The summed E-state index contributed by atoms with van der Waals surface area (Å²) >= 11 is 0. The van der Waals surface area contributed by atoms with Crippen LogP contribution in [0.15, 0.2) is 48.5 Å². The summed E-state index contributed by atoms with van der Waals surface area (Å²) in [5.74, 6) is 1.42. The second-order valence-corrected chi connectivity index (χ2v) is 5.81. The lowest BCUT2D eigenvalue weighted by molar-refractivity contribution is 0.0927. The van der Waals surface area contributed by atoms with Gasteiger partial charge >= 0.3 is 0 Å². The average Bonchev–Trinajstić information content (AvgIpc) is 2.89. The van der Waals surface area contributed by atoms with Gasteiger partial charge < -0.3 is 14.4 Å². The van der Waals surface area contributed by atoms with Crippen molar-refractivity contribution in [2.45, 2.75) is 26.5 Å². The lowest BCUT2D eigenvalue weighted by atomic mass is 10.1. The summed E-state index contributed by atoms with van der Waals surface area (Å²) in [6, 6.07) is 14.8. The Labute approximate surface area is 140 Å². The SMILES string of the molecule is CC(=O)c1cccc(OCC(O)Cn2c(C)nc3ccccc32)c1. The number of imidazole rings is 1. The van der Waals surface area contributed by atoms with Gasteiger partial charge in [-0.05, 0) is 38.1 Å². The smallest absolute Gasteiger partial charge is 0.159 e. The molecule has 5 nitrogen and oxygen atoms in total. The van der Waals surface area contributed by atoms with Gasteiger partial charge in [0.15, 0.2) is 5.78 Å². The van der Waals surface area contributed by atoms with Crippen LogP contribution in [0.4, 0.5) is 0 Å². The predicted molar refractivity (Wildman–Crippen MR) is 92.4 cm³/mol. The minimum Gasteiger partial charge on any atom is -0.491 e. The number of carbonyl (C=O) groups is 1. The number of aliphatic hydroxyl groups is 1. The zero-order chi connectivity index (χ0) is 17.1. The Morgan fingerprint density at radius 2 is 2.04 bits per heavy atom. The number of ketones is 1. The third kappa shape index (κ3) is 3.46. The molecular formula is C19H20N2O3. The van der Waals surface area contributed by atoms with Crippen molar-refractivity contribution in [3.8, 4) is 5.75 Å². The van der Waals surface area contributed by atoms with E-state index >= 15 is 0 Å². The zero-order valence-electron chi connectivity index (χ0n) is 13.8. The van der Waals surface area contributed by atoms with Crippen LogP contribution in [0.25, 0.3) is 11.0 Å². The van der Waals surface area contributed by atoms with Gasteiger partial charge in [-0.2, -0.15) is 0 Å². The molecule has 2 aromatic carbocycles. The fourth-order valence-electron chi connectivity index (χ4n) is 2.69. The van der Waals surface area contributed by atoms with Crippen molar-refractivity contribution in [3.05, 3.63) is 59.9 Å². The molecule has 124 valence electrons. The summed E-state index contributed by atoms with van der Waals surface area (Å²) in [4.78, 5) is 15.9. The second kappa shape index (κ2) is 6.84. The highest BCUT2D eigenvalue weighted by atomic mass is 16.5. The molecule has 1 aromatic heterocycles. The molecule has 1 N–H and O–H groups in total. The molecule has 1 atom stereocenters. The summed E-state index contributed by atoms with van der Waals surface area (Å²) in [7, 11) is 0. The van der Waals surface area contributed by atoms with Crippen LogP contribution in [0.3, 0.4) is 0 Å². The number of nitrogens with zero attached hydrogens (tertiary/aromatic N) is 2. The molecule has 0 saturated heterocycles. The quantitative estimate of drug-likeness (QED) is 0.708. The van der Waals surface area contributed by atoms with E-state index in [1.54, 1.807) is 24.3 Å². The van der Waals surface area contributed by atoms with Crippen LogP contribution in [0.5, 0.6) is 5.75 Å². The van der Waals surface area contributed by atoms with E-state index in [4.69, 9.17) is 4.74 Å². The molecule has 0 radical (unpaired) electrons. The first kappa shape index (κ1) is 16.2. The Balaban J connectivity index is 1.67. The maximum Gasteiger partial charge on any atom is 0.159 e. The summed E-state index contributed by atoms with van der Waals surface area (Å²) < 4.78 is 7.60. The number of para-hydroxylation sites is 2. The van der Waals surface area contributed by atoms with Gasteiger partial charge in [0, 0.05) is 5.56 Å². The Morgan fingerprint density at radius 3 is 2.83 bits per heavy atom. The van der Waals surface area contributed by atoms with Gasteiger partial charge in [0.05, 0.1) is 17.6 Å². The number of rotatable bonds is 6. The molecule has 0 aliphatic heterocycles. The van der Waals surface area contributed by atoms with E-state index in [1.165, 1.54) is 6.92 Å². The molecule has 0 fully saturated rings. The molecule has 0 aliphatic carbocycles. The second-order valence-electron chi connectivity index (χ2n) is 5.81. The first-order chi connectivity index (χ1) is 11.5. The molecule has 0 amide bonds. The van der Waals surface area contributed by atoms with Gasteiger partial charge in [-0.3, -0.25) is 4.79 Å². The minimum atomic E-state index is -0.678. The lowest BCUT2D eigenvalue weighted by Gasteiger charge is -2.15. The number of aryl methyl sites for hydroxylation is 1. The van der Waals surface area contributed by atoms with Crippen LogP contribution in [0.1, 0.15) is 23.1 Å². The predicted octanol–water partition coefficient (Wildman–Crippen LogP) is 2.99. The summed E-state index contributed by atoms with van der Waals surface area (Å²) in [5, 5.41) is 10.3. The van der Waals surface area contributed by atoms with Gasteiger partial charge in [-0.15, -0.1) is 0 Å². The van der Waals surface area contributed by atoms with Crippen molar-refractivity contribution in [3.63, 3.8) is 0 Å². The Kier molecular flexibility index (Phi) is 4.62. The number of hydrogen-bond acceptors (Lipinski definition) is 4. The third-order valence-corrected chi connectivity index (χ3v) is 3.92. The number of aliphatic hydroxyl groups excluding tert-OH is 1. The van der Waals surface area contributed by atoms with E-state index in [2.05, 4.69) is 4.98 Å². The molecule has 0 bridgehead atoms. The summed E-state index contributed by atoms with van der Waals surface area (Å²) in [6.07, 6.45) is -0.678. The van der Waals surface area contributed by atoms with Crippen LogP contribution < -0.4 is 4.74 Å². The number of ether oxygens (including phenoxy) is 1. The van der Waals surface area contributed by atoms with Gasteiger partial charge in [-0.25, -0.2) is 4.98 Å². The van der Waals surface area contributed by atoms with Gasteiger partial charge in [0.2, 0.25) is 0 Å². The van der Waals surface area contributed by atoms with Gasteiger partial charge in [0.25, 0.3) is 0 Å². The van der Waals surface area contributed by atoms with Crippen molar-refractivity contribution in [2.24, 2.45) is 0 Å². The maximum absolute atomic E-state index is 11.4. The molecule has 1 heterocycles. The largest absolute Gasteiger partial charge is 0.491 e. The van der Waals surface area contributed by atoms with Crippen molar-refractivity contribution < 1.29 is 14.6 Å². The molecule has 0 saturated carbocycles. The number of aromatic nitrogens is 2. The molecule has 1 unspecified atom stereocenters. The number of hydrogen-bond donors (Lipinski definition) is 1. The zero-order valence-corrected chi connectivity index (χ0v) is 13.8. The maximum atomic E-state index is 11.4. The van der Waals surface area contributed by atoms with Crippen LogP contribution in [0.2, 0.25) is 0 Å². The molecule has 0 spiro atoms. The highest BCUT2D eigenvalue weighted by Crippen LogP contribution is 2.17. The molecule has 5 heteroatoms. The lowest BCUT2D eigenvalue weighted by Crippen LogP contribution is -2.24. The first-order valence-corrected chi connectivity index (χ1v) is 7.88. The first-order valence-electron chi connectivity index (χ1n) is 7.88. The molecule has 3 aromatic rings. The van der Waals surface area contributed by atoms with Crippen molar-refractivity contribution in [1.29, 1.82) is 0 Å². The molecule has 0 aliphatic rings. The molecule has 3 rings (SSSR count). The summed E-state index contributed by atoms with van der Waals surface area (Å²) in [6.45, 7) is 3.98. The number of fused-ring (bicyclic) bond motifs is 1. The van der Waals surface area contributed by atoms with Crippen LogP contribution >= 0.6 is 0 Å². The van der Waals surface area contributed by atoms with E-state index in [0.29, 0.717) is 17.9 Å². The highest BCUT2D eigenvalue weighted by molar-refractivity contribution is 5.94. The van der Waals surface area contributed by atoms with Gasteiger partial charge in [0.1, 0.15) is 24.3 Å². The van der Waals surface area contributed by atoms with Crippen molar-refractivity contribution in [2.75, 3.05) is 6.61 Å². The monoisotopic (exact) mass is 324 g/mol. The molecule has 24 heavy (non-hydrogen) atoms. The highest BCUT2D eigenvalue weighted by Gasteiger charge is 2.12. The minimum absolute atomic E-state index is 0.0125. The van der Waals surface area contributed by atoms with Gasteiger partial charge in [-0.1, -0.05) is 24.3 Å². The standard InChI is InChI=1S/C19H20N2O3/c1-13(22)15-6-5-7-17(10-15)24-12-16(23)11-21-14(2)20-18-8-3-4-9-19(18)21/h3-10,16,23H,11-12H2,1-2H3. The number of benzene rings is 2. The van der Waals surface area contributed by atoms with E-state index in [9.17, 15) is 9.90 Å². The Bertz CT molecular complexity index is 870. The topological polar surface area (TPSA) is 64.3 Å². The van der Waals surface area contributed by atoms with E-state index in [1.807, 2.05) is 35.8 Å². The van der Waals surface area contributed by atoms with Crippen molar-refractivity contribution in [1.82, 2.24) is 9.55 Å². The Hall–Kier alpha value is -2.66. The number of Topliss-reactive ketones (excluding diaryl/α,β-unsaturated/α-hetero) is 1. The normalized spacial score (nSPS) is 12.3. The number of carbonyl (C=O) groups excluding carboxylic acids is 1. The summed E-state index contributed by atoms with van der Waals surface area (Å²) in [5.41, 5.74) is 2.50. The Morgan fingerprint density at radius 1 is 1.25 bits per heavy atom. The fourth-order valence-corrected chi connectivity index (χ4v) is 2.69. The fraction of sp³-hybridized carbons (Fsp3) is 0.263. The van der Waals surface area contributed by atoms with E-state index < -0.39 is 6.10 Å². The third-order valence-electron chi connectivity index (χ3n) is 3.92. The molecular weight excluding hydrogens is 304 g/mol. The van der Waals surface area contributed by atoms with Crippen molar-refractivity contribution >= 4 is 16.8 Å². The van der Waals surface area contributed by atoms with Crippen LogP contribution in [-0.2, 0) is 6.54 Å².